The van der Waals surface area contributed by atoms with E-state index in [2.05, 4.69) is 10.4 Å². The van der Waals surface area contributed by atoms with Crippen molar-refractivity contribution in [1.29, 1.82) is 0 Å². The van der Waals surface area contributed by atoms with Crippen LogP contribution in [0.4, 0.5) is 5.69 Å². The molecule has 158 valence electrons. The molecule has 31 heavy (non-hydrogen) atoms. The van der Waals surface area contributed by atoms with Crippen molar-refractivity contribution in [3.05, 3.63) is 93.6 Å². The SMILES string of the molecule is Cc1nn(Cc2ccc(C(=O)Nc3ccccc3Sc3ccc(Cl)cc3)o2)c(C)c1Cl. The number of aryl methyl sites for hydroxylation is 1. The summed E-state index contributed by atoms with van der Waals surface area (Å²) in [6.07, 6.45) is 0. The highest BCUT2D eigenvalue weighted by atomic mass is 35.5. The Kier molecular flexibility index (Phi) is 6.41. The lowest BCUT2D eigenvalue weighted by Gasteiger charge is -2.10. The molecule has 2 aromatic heterocycles. The Balaban J connectivity index is 1.48. The fourth-order valence-electron chi connectivity index (χ4n) is 3.03. The van der Waals surface area contributed by atoms with Gasteiger partial charge in [-0.25, -0.2) is 0 Å². The molecule has 1 amide bonds. The maximum absolute atomic E-state index is 12.8. The molecule has 0 unspecified atom stereocenters. The van der Waals surface area contributed by atoms with Crippen molar-refractivity contribution >= 4 is 46.6 Å². The highest BCUT2D eigenvalue weighted by Crippen LogP contribution is 2.34. The normalized spacial score (nSPS) is 11.0. The van der Waals surface area contributed by atoms with Crippen molar-refractivity contribution in [3.63, 3.8) is 0 Å². The van der Waals surface area contributed by atoms with Gasteiger partial charge in [0.2, 0.25) is 0 Å². The monoisotopic (exact) mass is 471 g/mol. The molecule has 0 saturated carbocycles. The largest absolute Gasteiger partial charge is 0.454 e. The number of anilines is 1. The molecule has 8 heteroatoms. The van der Waals surface area contributed by atoms with Gasteiger partial charge in [0.25, 0.3) is 5.91 Å². The second-order valence-corrected chi connectivity index (χ2v) is 8.84. The van der Waals surface area contributed by atoms with Crippen molar-refractivity contribution in [2.45, 2.75) is 30.2 Å². The smallest absolute Gasteiger partial charge is 0.291 e. The molecule has 0 aliphatic rings. The van der Waals surface area contributed by atoms with Crippen LogP contribution in [0, 0.1) is 13.8 Å². The van der Waals surface area contributed by atoms with Crippen LogP contribution in [0.3, 0.4) is 0 Å². The number of carbonyl (C=O) groups excluding carboxylic acids is 1. The number of benzene rings is 2. The first kappa shape index (κ1) is 21.6. The number of amides is 1. The molecule has 0 atom stereocenters. The average Bonchev–Trinajstić information content (AvgIpc) is 3.32. The van der Waals surface area contributed by atoms with Gasteiger partial charge in [-0.1, -0.05) is 47.1 Å². The lowest BCUT2D eigenvalue weighted by Crippen LogP contribution is -2.11. The predicted octanol–water partition coefficient (Wildman–Crippen LogP) is 6.85. The van der Waals surface area contributed by atoms with Crippen LogP contribution in [0.15, 0.2) is 74.9 Å². The van der Waals surface area contributed by atoms with Gasteiger partial charge in [0, 0.05) is 14.8 Å². The van der Waals surface area contributed by atoms with Crippen LogP contribution >= 0.6 is 35.0 Å². The molecule has 0 radical (unpaired) electrons. The Labute approximate surface area is 194 Å². The summed E-state index contributed by atoms with van der Waals surface area (Å²) in [4.78, 5) is 14.7. The lowest BCUT2D eigenvalue weighted by molar-refractivity contribution is 0.0994. The Bertz CT molecular complexity index is 1230. The van der Waals surface area contributed by atoms with Gasteiger partial charge in [0.15, 0.2) is 5.76 Å². The van der Waals surface area contributed by atoms with Crippen LogP contribution in [-0.2, 0) is 6.54 Å². The number of carbonyl (C=O) groups is 1. The zero-order valence-corrected chi connectivity index (χ0v) is 19.2. The molecule has 2 aromatic carbocycles. The fourth-order valence-corrected chi connectivity index (χ4v) is 4.20. The summed E-state index contributed by atoms with van der Waals surface area (Å²) in [5, 5.41) is 8.66. The van der Waals surface area contributed by atoms with Gasteiger partial charge in [-0.2, -0.15) is 5.10 Å². The van der Waals surface area contributed by atoms with Gasteiger partial charge < -0.3 is 9.73 Å². The summed E-state index contributed by atoms with van der Waals surface area (Å²) in [6.45, 7) is 4.15. The highest BCUT2D eigenvalue weighted by molar-refractivity contribution is 7.99. The molecule has 0 saturated heterocycles. The van der Waals surface area contributed by atoms with Gasteiger partial charge in [0.05, 0.1) is 28.6 Å². The van der Waals surface area contributed by atoms with Crippen LogP contribution in [0.25, 0.3) is 0 Å². The molecule has 4 rings (SSSR count). The van der Waals surface area contributed by atoms with E-state index in [9.17, 15) is 4.79 Å². The van der Waals surface area contributed by atoms with Gasteiger partial charge in [-0.15, -0.1) is 0 Å². The highest BCUT2D eigenvalue weighted by Gasteiger charge is 2.16. The Morgan fingerprint density at radius 3 is 2.52 bits per heavy atom. The third-order valence-corrected chi connectivity index (χ3v) is 6.54. The summed E-state index contributed by atoms with van der Waals surface area (Å²) in [6, 6.07) is 18.6. The summed E-state index contributed by atoms with van der Waals surface area (Å²) < 4.78 is 7.52. The van der Waals surface area contributed by atoms with Gasteiger partial charge in [0.1, 0.15) is 5.76 Å². The first-order chi connectivity index (χ1) is 14.9. The Morgan fingerprint density at radius 2 is 1.81 bits per heavy atom. The molecule has 0 fully saturated rings. The molecule has 0 aliphatic carbocycles. The number of furan rings is 1. The molecular formula is C23H19Cl2N3O2S. The Hall–Kier alpha value is -2.67. The minimum absolute atomic E-state index is 0.230. The molecule has 5 nitrogen and oxygen atoms in total. The van der Waals surface area contributed by atoms with Crippen molar-refractivity contribution in [2.75, 3.05) is 5.32 Å². The van der Waals surface area contributed by atoms with E-state index in [0.29, 0.717) is 28.0 Å². The minimum Gasteiger partial charge on any atom is -0.454 e. The van der Waals surface area contributed by atoms with Crippen LogP contribution in [-0.4, -0.2) is 15.7 Å². The quantitative estimate of drug-likeness (QED) is 0.333. The molecule has 0 bridgehead atoms. The van der Waals surface area contributed by atoms with Gasteiger partial charge >= 0.3 is 0 Å². The number of halogens is 2. The van der Waals surface area contributed by atoms with Gasteiger partial charge in [-0.3, -0.25) is 9.48 Å². The zero-order valence-electron chi connectivity index (χ0n) is 16.9. The molecule has 2 heterocycles. The molecule has 0 aliphatic heterocycles. The van der Waals surface area contributed by atoms with E-state index in [4.69, 9.17) is 27.6 Å². The summed E-state index contributed by atoms with van der Waals surface area (Å²) >= 11 is 13.7. The van der Waals surface area contributed by atoms with E-state index in [1.54, 1.807) is 28.6 Å². The van der Waals surface area contributed by atoms with Gasteiger partial charge in [-0.05, 0) is 62.4 Å². The summed E-state index contributed by atoms with van der Waals surface area (Å²) in [5.41, 5.74) is 2.32. The van der Waals surface area contributed by atoms with E-state index in [0.717, 1.165) is 21.2 Å². The van der Waals surface area contributed by atoms with Crippen LogP contribution in [0.1, 0.15) is 27.7 Å². The zero-order chi connectivity index (χ0) is 22.0. The topological polar surface area (TPSA) is 60.1 Å². The van der Waals surface area contributed by atoms with Crippen molar-refractivity contribution in [3.8, 4) is 0 Å². The number of hydrogen-bond donors (Lipinski definition) is 1. The molecular weight excluding hydrogens is 453 g/mol. The number of nitrogens with zero attached hydrogens (tertiary/aromatic N) is 2. The van der Waals surface area contributed by atoms with Crippen molar-refractivity contribution in [1.82, 2.24) is 9.78 Å². The third kappa shape index (κ3) is 4.98. The number of rotatable bonds is 6. The second kappa shape index (κ2) is 9.22. The molecule has 1 N–H and O–H groups in total. The summed E-state index contributed by atoms with van der Waals surface area (Å²) in [7, 11) is 0. The minimum atomic E-state index is -0.318. The number of nitrogens with one attached hydrogen (secondary N) is 1. The van der Waals surface area contributed by atoms with E-state index in [1.165, 1.54) is 0 Å². The van der Waals surface area contributed by atoms with Crippen molar-refractivity contribution in [2.24, 2.45) is 0 Å². The van der Waals surface area contributed by atoms with Crippen LogP contribution in [0.5, 0.6) is 0 Å². The second-order valence-electron chi connectivity index (χ2n) is 6.91. The maximum atomic E-state index is 12.8. The fraction of sp³-hybridized carbons (Fsp3) is 0.130. The lowest BCUT2D eigenvalue weighted by atomic mass is 10.3. The van der Waals surface area contributed by atoms with E-state index < -0.39 is 0 Å². The standard InChI is InChI=1S/C23H19Cl2N3O2S/c1-14-22(25)15(2)28(27-14)13-17-9-12-20(30-17)23(29)26-19-5-3-4-6-21(19)31-18-10-7-16(24)8-11-18/h3-12H,13H2,1-2H3,(H,26,29). The van der Waals surface area contributed by atoms with E-state index in [1.807, 2.05) is 62.4 Å². The first-order valence-electron chi connectivity index (χ1n) is 9.52. The van der Waals surface area contributed by atoms with E-state index in [-0.39, 0.29) is 11.7 Å². The van der Waals surface area contributed by atoms with Crippen LogP contribution in [0.2, 0.25) is 10.0 Å². The number of hydrogen-bond acceptors (Lipinski definition) is 4. The number of para-hydroxylation sites is 1. The van der Waals surface area contributed by atoms with Crippen molar-refractivity contribution < 1.29 is 9.21 Å². The molecule has 0 spiro atoms. The van der Waals surface area contributed by atoms with Crippen LogP contribution < -0.4 is 5.32 Å². The predicted molar refractivity (Wildman–Crippen MR) is 124 cm³/mol. The van der Waals surface area contributed by atoms with E-state index >= 15 is 0 Å². The molecule has 4 aromatic rings. The third-order valence-electron chi connectivity index (χ3n) is 4.66. The Morgan fingerprint density at radius 1 is 1.06 bits per heavy atom. The average molecular weight is 472 g/mol. The number of aromatic nitrogens is 2. The maximum Gasteiger partial charge on any atom is 0.291 e. The first-order valence-corrected chi connectivity index (χ1v) is 11.1. The summed E-state index contributed by atoms with van der Waals surface area (Å²) in [5.74, 6) is 0.534.